The maximum absolute atomic E-state index is 10.8. The maximum atomic E-state index is 10.8. The van der Waals surface area contributed by atoms with Crippen LogP contribution in [0, 0.1) is 39.4 Å². The molecule has 2 fully saturated rings. The first-order chi connectivity index (χ1) is 14.9. The fraction of sp³-hybridized carbons (Fsp3) is 0.800. The van der Waals surface area contributed by atoms with Crippen molar-refractivity contribution in [2.24, 2.45) is 39.4 Å². The highest BCUT2D eigenvalue weighted by molar-refractivity contribution is 5.49. The summed E-state index contributed by atoms with van der Waals surface area (Å²) in [5.41, 5.74) is 5.18. The lowest BCUT2D eigenvalue weighted by Gasteiger charge is -2.61. The van der Waals surface area contributed by atoms with Crippen LogP contribution in [0.25, 0.3) is 0 Å². The van der Waals surface area contributed by atoms with Crippen LogP contribution in [0.15, 0.2) is 34.9 Å². The zero-order valence-corrected chi connectivity index (χ0v) is 21.8. The van der Waals surface area contributed by atoms with Crippen LogP contribution in [0.3, 0.4) is 0 Å². The topological polar surface area (TPSA) is 40.5 Å². The molecule has 2 N–H and O–H groups in total. The van der Waals surface area contributed by atoms with Gasteiger partial charge < -0.3 is 10.2 Å². The van der Waals surface area contributed by atoms with E-state index in [0.717, 1.165) is 37.2 Å². The van der Waals surface area contributed by atoms with Crippen LogP contribution in [0.2, 0.25) is 0 Å². The largest absolute Gasteiger partial charge is 0.393 e. The van der Waals surface area contributed by atoms with Gasteiger partial charge in [-0.3, -0.25) is 0 Å². The molecule has 2 saturated carbocycles. The molecule has 4 aliphatic rings. The average molecular weight is 441 g/mol. The average Bonchev–Trinajstić information content (AvgIpc) is 3.02. The predicted octanol–water partition coefficient (Wildman–Crippen LogP) is 7.23. The summed E-state index contributed by atoms with van der Waals surface area (Å²) in [7, 11) is 0. The predicted molar refractivity (Wildman–Crippen MR) is 134 cm³/mol. The fourth-order valence-corrected chi connectivity index (χ4v) is 8.80. The van der Waals surface area contributed by atoms with Gasteiger partial charge in [-0.2, -0.15) is 0 Å². The molecule has 0 bridgehead atoms. The van der Waals surface area contributed by atoms with Gasteiger partial charge in [0, 0.05) is 0 Å². The van der Waals surface area contributed by atoms with Crippen LogP contribution < -0.4 is 0 Å². The van der Waals surface area contributed by atoms with E-state index in [2.05, 4.69) is 59.8 Å². The van der Waals surface area contributed by atoms with Crippen LogP contribution in [0.4, 0.5) is 0 Å². The van der Waals surface area contributed by atoms with Crippen molar-refractivity contribution < 1.29 is 10.2 Å². The number of hydrogen-bond donors (Lipinski definition) is 2. The van der Waals surface area contributed by atoms with Crippen molar-refractivity contribution >= 4 is 0 Å². The minimum Gasteiger partial charge on any atom is -0.393 e. The van der Waals surface area contributed by atoms with E-state index in [-0.39, 0.29) is 29.0 Å². The van der Waals surface area contributed by atoms with Crippen molar-refractivity contribution in [1.29, 1.82) is 0 Å². The Labute approximate surface area is 197 Å². The summed E-state index contributed by atoms with van der Waals surface area (Å²) < 4.78 is 0. The summed E-state index contributed by atoms with van der Waals surface area (Å²) >= 11 is 0. The second kappa shape index (κ2) is 8.12. The van der Waals surface area contributed by atoms with Crippen molar-refractivity contribution in [3.63, 3.8) is 0 Å². The molecule has 0 spiro atoms. The summed E-state index contributed by atoms with van der Waals surface area (Å²) in [6, 6.07) is 0. The highest BCUT2D eigenvalue weighted by Crippen LogP contribution is 2.71. The van der Waals surface area contributed by atoms with Crippen LogP contribution in [0.1, 0.15) is 99.8 Å². The molecule has 0 heterocycles. The number of rotatable bonds is 5. The molecule has 7 atom stereocenters. The Morgan fingerprint density at radius 3 is 2.50 bits per heavy atom. The lowest BCUT2D eigenvalue weighted by Crippen LogP contribution is -2.54. The Balaban J connectivity index is 1.63. The fourth-order valence-electron chi connectivity index (χ4n) is 8.80. The van der Waals surface area contributed by atoms with Crippen LogP contribution in [0.5, 0.6) is 0 Å². The van der Waals surface area contributed by atoms with E-state index < -0.39 is 0 Å². The van der Waals surface area contributed by atoms with E-state index in [1.165, 1.54) is 25.7 Å². The number of hydrogen-bond acceptors (Lipinski definition) is 2. The molecule has 0 aromatic carbocycles. The molecular weight excluding hydrogens is 392 g/mol. The smallest absolute Gasteiger partial charge is 0.0639 e. The minimum atomic E-state index is -0.180. The Morgan fingerprint density at radius 2 is 1.81 bits per heavy atom. The van der Waals surface area contributed by atoms with Gasteiger partial charge in [0.1, 0.15) is 0 Å². The van der Waals surface area contributed by atoms with Crippen LogP contribution >= 0.6 is 0 Å². The van der Waals surface area contributed by atoms with Gasteiger partial charge in [0.2, 0.25) is 0 Å². The molecule has 0 amide bonds. The van der Waals surface area contributed by atoms with Crippen molar-refractivity contribution in [2.75, 3.05) is 6.61 Å². The molecule has 4 aliphatic carbocycles. The summed E-state index contributed by atoms with van der Waals surface area (Å²) in [6.07, 6.45) is 16.6. The second-order valence-corrected chi connectivity index (χ2v) is 13.2. The van der Waals surface area contributed by atoms with Gasteiger partial charge in [-0.1, -0.05) is 65.3 Å². The number of allylic oxidation sites excluding steroid dienone is 5. The highest BCUT2D eigenvalue weighted by atomic mass is 16.3. The minimum absolute atomic E-state index is 0.0233. The van der Waals surface area contributed by atoms with Crippen molar-refractivity contribution in [3.05, 3.63) is 34.9 Å². The summed E-state index contributed by atoms with van der Waals surface area (Å²) in [5, 5.41) is 20.1. The summed E-state index contributed by atoms with van der Waals surface area (Å²) in [4.78, 5) is 0. The molecule has 0 radical (unpaired) electrons. The Morgan fingerprint density at radius 1 is 1.09 bits per heavy atom. The van der Waals surface area contributed by atoms with Gasteiger partial charge in [-0.15, -0.1) is 0 Å². The van der Waals surface area contributed by atoms with E-state index in [0.29, 0.717) is 17.3 Å². The summed E-state index contributed by atoms with van der Waals surface area (Å²) in [6.45, 7) is 17.0. The third-order valence-corrected chi connectivity index (χ3v) is 11.3. The van der Waals surface area contributed by atoms with Crippen LogP contribution in [-0.4, -0.2) is 22.9 Å². The van der Waals surface area contributed by atoms with Gasteiger partial charge in [0.25, 0.3) is 0 Å². The first kappa shape index (κ1) is 24.3. The van der Waals surface area contributed by atoms with E-state index in [4.69, 9.17) is 0 Å². The zero-order chi connectivity index (χ0) is 23.5. The third-order valence-electron chi connectivity index (χ3n) is 11.3. The quantitative estimate of drug-likeness (QED) is 0.443. The molecule has 0 aliphatic heterocycles. The molecule has 4 rings (SSSR count). The zero-order valence-electron chi connectivity index (χ0n) is 21.8. The first-order valence-electron chi connectivity index (χ1n) is 13.3. The van der Waals surface area contributed by atoms with Crippen molar-refractivity contribution in [1.82, 2.24) is 0 Å². The molecule has 3 unspecified atom stereocenters. The molecule has 0 saturated heterocycles. The Bertz CT molecular complexity index is 832. The molecular formula is C30H48O2. The number of aliphatic hydroxyl groups excluding tert-OH is 2. The van der Waals surface area contributed by atoms with Crippen LogP contribution in [-0.2, 0) is 0 Å². The summed E-state index contributed by atoms with van der Waals surface area (Å²) in [5.74, 6) is 1.99. The van der Waals surface area contributed by atoms with E-state index in [1.54, 1.807) is 11.1 Å². The second-order valence-electron chi connectivity index (χ2n) is 13.2. The van der Waals surface area contributed by atoms with Crippen molar-refractivity contribution in [3.8, 4) is 0 Å². The van der Waals surface area contributed by atoms with E-state index >= 15 is 0 Å². The number of aliphatic hydroxyl groups is 2. The third kappa shape index (κ3) is 3.34. The molecule has 180 valence electrons. The molecule has 2 nitrogen and oxygen atoms in total. The lowest BCUT2D eigenvalue weighted by molar-refractivity contribution is -0.0851. The van der Waals surface area contributed by atoms with Crippen molar-refractivity contribution in [2.45, 2.75) is 106 Å². The van der Waals surface area contributed by atoms with E-state index in [9.17, 15) is 10.2 Å². The molecule has 0 aromatic rings. The van der Waals surface area contributed by atoms with Gasteiger partial charge >= 0.3 is 0 Å². The molecule has 32 heavy (non-hydrogen) atoms. The standard InChI is InChI=1S/C30H48O2/c1-20(19-31)9-8-10-21(2)22-13-17-30(7)24-11-12-25-27(3,4)26(32)15-16-28(25,5)23(24)14-18-29(22,30)6/h9,11,14,21-22,25-26,31-32H,8,10,12-13,15-19H2,1-7H3/b20-9+/t21?,22?,25?,26-,28+,29+,30-/m0/s1. The van der Waals surface area contributed by atoms with E-state index in [1.807, 2.05) is 6.92 Å². The normalized spacial score (nSPS) is 44.2. The number of fused-ring (bicyclic) bond motifs is 5. The lowest BCUT2D eigenvalue weighted by atomic mass is 9.44. The van der Waals surface area contributed by atoms with Gasteiger partial charge in [-0.25, -0.2) is 0 Å². The Hall–Kier alpha value is -0.860. The molecule has 0 aromatic heterocycles. The highest BCUT2D eigenvalue weighted by Gasteiger charge is 2.62. The monoisotopic (exact) mass is 440 g/mol. The Kier molecular flexibility index (Phi) is 6.16. The SMILES string of the molecule is C/C(=C\CCC(C)C1CC[C@@]2(C)C3=CCC4C(C)(C)[C@@H](O)CC[C@]4(C)C3=CC[C@]12C)CO. The molecule has 2 heteroatoms. The van der Waals surface area contributed by atoms with Gasteiger partial charge in [0.05, 0.1) is 12.7 Å². The maximum Gasteiger partial charge on any atom is 0.0639 e. The van der Waals surface area contributed by atoms with Gasteiger partial charge in [0.15, 0.2) is 0 Å². The van der Waals surface area contributed by atoms with Gasteiger partial charge in [-0.05, 0) is 109 Å². The first-order valence-corrected chi connectivity index (χ1v) is 13.3.